The Morgan fingerprint density at radius 3 is 2.52 bits per heavy atom. The number of pyridine rings is 1. The molecule has 1 aromatic heterocycles. The molecule has 6 heteroatoms. The predicted molar refractivity (Wildman–Crippen MR) is 99.6 cm³/mol. The molecule has 0 aliphatic heterocycles. The highest BCUT2D eigenvalue weighted by atomic mass is 35.5. The van der Waals surface area contributed by atoms with Gasteiger partial charge in [0.15, 0.2) is 8.32 Å². The SMILES string of the molecule is CN(CCO[Si](C)(C)C(C)(C)C)CC(O)Cc1ccc(Cl)nc1. The van der Waals surface area contributed by atoms with Crippen LogP contribution in [0.5, 0.6) is 0 Å². The molecule has 0 amide bonds. The van der Waals surface area contributed by atoms with Gasteiger partial charge in [-0.05, 0) is 36.8 Å². The van der Waals surface area contributed by atoms with E-state index in [0.717, 1.165) is 12.1 Å². The largest absolute Gasteiger partial charge is 0.416 e. The van der Waals surface area contributed by atoms with E-state index in [1.54, 1.807) is 12.3 Å². The molecule has 0 aliphatic carbocycles. The fraction of sp³-hybridized carbons (Fsp3) is 0.706. The monoisotopic (exact) mass is 358 g/mol. The van der Waals surface area contributed by atoms with E-state index in [0.29, 0.717) is 24.7 Å². The molecule has 0 saturated heterocycles. The number of aliphatic hydroxyl groups excluding tert-OH is 1. The minimum absolute atomic E-state index is 0.229. The van der Waals surface area contributed by atoms with Crippen molar-refractivity contribution >= 4 is 19.9 Å². The summed E-state index contributed by atoms with van der Waals surface area (Å²) in [6.07, 6.45) is 1.87. The first-order valence-corrected chi connectivity index (χ1v) is 11.4. The molecule has 0 bridgehead atoms. The van der Waals surface area contributed by atoms with Crippen LogP contribution >= 0.6 is 11.6 Å². The van der Waals surface area contributed by atoms with Crippen molar-refractivity contribution in [2.75, 3.05) is 26.7 Å². The Kier molecular flexibility index (Phi) is 7.68. The van der Waals surface area contributed by atoms with Gasteiger partial charge in [0.1, 0.15) is 5.15 Å². The highest BCUT2D eigenvalue weighted by Crippen LogP contribution is 2.36. The van der Waals surface area contributed by atoms with Gasteiger partial charge in [-0.15, -0.1) is 0 Å². The van der Waals surface area contributed by atoms with E-state index in [2.05, 4.69) is 43.7 Å². The summed E-state index contributed by atoms with van der Waals surface area (Å²) in [7, 11) is 0.324. The van der Waals surface area contributed by atoms with Crippen LogP contribution in [0.2, 0.25) is 23.3 Å². The smallest absolute Gasteiger partial charge is 0.192 e. The Morgan fingerprint density at radius 2 is 2.00 bits per heavy atom. The maximum absolute atomic E-state index is 10.2. The highest BCUT2D eigenvalue weighted by molar-refractivity contribution is 6.74. The standard InChI is InChI=1S/C17H31ClN2O2Si/c1-17(2,3)23(5,6)22-10-9-20(4)13-15(21)11-14-7-8-16(18)19-12-14/h7-8,12,15,21H,9-11,13H2,1-6H3. The van der Waals surface area contributed by atoms with Crippen molar-refractivity contribution in [3.8, 4) is 0 Å². The fourth-order valence-corrected chi connectivity index (χ4v) is 3.13. The van der Waals surface area contributed by atoms with Crippen molar-refractivity contribution in [3.63, 3.8) is 0 Å². The normalized spacial score (nSPS) is 14.3. The lowest BCUT2D eigenvalue weighted by Gasteiger charge is -2.36. The number of aromatic nitrogens is 1. The number of rotatable bonds is 8. The van der Waals surface area contributed by atoms with Gasteiger partial charge < -0.3 is 14.4 Å². The molecule has 0 fully saturated rings. The molecule has 23 heavy (non-hydrogen) atoms. The Hall–Kier alpha value is -0.463. The van der Waals surface area contributed by atoms with Gasteiger partial charge in [-0.25, -0.2) is 4.98 Å². The zero-order valence-electron chi connectivity index (χ0n) is 15.3. The van der Waals surface area contributed by atoms with Crippen molar-refractivity contribution < 1.29 is 9.53 Å². The summed E-state index contributed by atoms with van der Waals surface area (Å²) >= 11 is 5.77. The van der Waals surface area contributed by atoms with Crippen LogP contribution in [0, 0.1) is 0 Å². The topological polar surface area (TPSA) is 45.6 Å². The summed E-state index contributed by atoms with van der Waals surface area (Å²) in [6, 6.07) is 3.65. The Labute approximate surface area is 147 Å². The van der Waals surface area contributed by atoms with Gasteiger partial charge in [-0.1, -0.05) is 38.4 Å². The van der Waals surface area contributed by atoms with Crippen molar-refractivity contribution in [3.05, 3.63) is 29.0 Å². The van der Waals surface area contributed by atoms with E-state index >= 15 is 0 Å². The van der Waals surface area contributed by atoms with E-state index < -0.39 is 14.4 Å². The predicted octanol–water partition coefficient (Wildman–Crippen LogP) is 3.59. The highest BCUT2D eigenvalue weighted by Gasteiger charge is 2.36. The molecule has 0 spiro atoms. The van der Waals surface area contributed by atoms with Crippen molar-refractivity contribution in [2.24, 2.45) is 0 Å². The Morgan fingerprint density at radius 1 is 1.35 bits per heavy atom. The number of aliphatic hydroxyl groups is 1. The first-order valence-electron chi connectivity index (χ1n) is 8.12. The molecule has 4 nitrogen and oxygen atoms in total. The molecule has 1 aromatic rings. The van der Waals surface area contributed by atoms with Crippen molar-refractivity contribution in [2.45, 2.75) is 51.4 Å². The number of likely N-dealkylation sites (N-methyl/N-ethyl adjacent to an activating group) is 1. The minimum Gasteiger partial charge on any atom is -0.416 e. The number of halogens is 1. The Balaban J connectivity index is 2.33. The first kappa shape index (κ1) is 20.6. The van der Waals surface area contributed by atoms with E-state index in [1.807, 2.05) is 13.1 Å². The van der Waals surface area contributed by atoms with Crippen LogP contribution in [-0.2, 0) is 10.8 Å². The van der Waals surface area contributed by atoms with E-state index in [-0.39, 0.29) is 5.04 Å². The third kappa shape index (κ3) is 7.31. The van der Waals surface area contributed by atoms with E-state index in [1.165, 1.54) is 0 Å². The second-order valence-electron chi connectivity index (χ2n) is 7.72. The van der Waals surface area contributed by atoms with Crippen molar-refractivity contribution in [1.29, 1.82) is 0 Å². The molecule has 1 unspecified atom stereocenters. The second kappa shape index (κ2) is 8.58. The molecule has 0 aromatic carbocycles. The minimum atomic E-state index is -1.69. The van der Waals surface area contributed by atoms with Crippen LogP contribution in [0.3, 0.4) is 0 Å². The molecular formula is C17H31ClN2O2Si. The zero-order chi connectivity index (χ0) is 17.7. The summed E-state index contributed by atoms with van der Waals surface area (Å²) < 4.78 is 6.17. The van der Waals surface area contributed by atoms with Gasteiger partial charge in [0.25, 0.3) is 0 Å². The average molecular weight is 359 g/mol. The molecule has 0 saturated carbocycles. The molecule has 0 radical (unpaired) electrons. The summed E-state index contributed by atoms with van der Waals surface area (Å²) in [5.74, 6) is 0. The molecule has 1 heterocycles. The summed E-state index contributed by atoms with van der Waals surface area (Å²) in [4.78, 5) is 6.15. The van der Waals surface area contributed by atoms with Gasteiger partial charge in [0, 0.05) is 32.3 Å². The third-order valence-electron chi connectivity index (χ3n) is 4.52. The number of hydrogen-bond donors (Lipinski definition) is 1. The maximum Gasteiger partial charge on any atom is 0.192 e. The van der Waals surface area contributed by atoms with Crippen LogP contribution in [0.4, 0.5) is 0 Å². The van der Waals surface area contributed by atoms with E-state index in [4.69, 9.17) is 16.0 Å². The Bertz CT molecular complexity index is 474. The van der Waals surface area contributed by atoms with Crippen LogP contribution < -0.4 is 0 Å². The molecule has 0 aliphatic rings. The quantitative estimate of drug-likeness (QED) is 0.569. The molecule has 1 N–H and O–H groups in total. The van der Waals surface area contributed by atoms with Crippen LogP contribution in [-0.4, -0.2) is 56.2 Å². The lowest BCUT2D eigenvalue weighted by molar-refractivity contribution is 0.115. The molecule has 1 rings (SSSR count). The fourth-order valence-electron chi connectivity index (χ4n) is 1.99. The van der Waals surface area contributed by atoms with Crippen LogP contribution in [0.25, 0.3) is 0 Å². The van der Waals surface area contributed by atoms with Crippen LogP contribution in [0.15, 0.2) is 18.3 Å². The molecule has 132 valence electrons. The zero-order valence-corrected chi connectivity index (χ0v) is 17.0. The second-order valence-corrected chi connectivity index (χ2v) is 12.9. The van der Waals surface area contributed by atoms with Gasteiger partial charge in [0.2, 0.25) is 0 Å². The number of nitrogens with zero attached hydrogens (tertiary/aromatic N) is 2. The lowest BCUT2D eigenvalue weighted by Crippen LogP contribution is -2.43. The van der Waals surface area contributed by atoms with E-state index in [9.17, 15) is 5.11 Å². The maximum atomic E-state index is 10.2. The van der Waals surface area contributed by atoms with Gasteiger partial charge >= 0.3 is 0 Å². The molecule has 1 atom stereocenters. The lowest BCUT2D eigenvalue weighted by atomic mass is 10.1. The summed E-state index contributed by atoms with van der Waals surface area (Å²) in [5, 5.41) is 10.9. The van der Waals surface area contributed by atoms with Gasteiger partial charge in [-0.2, -0.15) is 0 Å². The first-order chi connectivity index (χ1) is 10.5. The summed E-state index contributed by atoms with van der Waals surface area (Å²) in [5.41, 5.74) is 0.993. The number of hydrogen-bond acceptors (Lipinski definition) is 4. The summed E-state index contributed by atoms with van der Waals surface area (Å²) in [6.45, 7) is 13.4. The van der Waals surface area contributed by atoms with Crippen LogP contribution in [0.1, 0.15) is 26.3 Å². The third-order valence-corrected chi connectivity index (χ3v) is 9.29. The van der Waals surface area contributed by atoms with Gasteiger partial charge in [-0.3, -0.25) is 0 Å². The average Bonchev–Trinajstić information content (AvgIpc) is 2.39. The van der Waals surface area contributed by atoms with Gasteiger partial charge in [0.05, 0.1) is 6.10 Å². The molecular weight excluding hydrogens is 328 g/mol. The van der Waals surface area contributed by atoms with Crippen molar-refractivity contribution in [1.82, 2.24) is 9.88 Å².